The van der Waals surface area contributed by atoms with Gasteiger partial charge in [0.25, 0.3) is 5.91 Å². The fraction of sp³-hybridized carbons (Fsp3) is 0.120. The number of rotatable bonds is 4. The molecule has 4 aromatic rings. The molecule has 0 fully saturated rings. The van der Waals surface area contributed by atoms with Gasteiger partial charge in [0.2, 0.25) is 5.95 Å². The van der Waals surface area contributed by atoms with Crippen molar-refractivity contribution < 1.29 is 9.53 Å². The van der Waals surface area contributed by atoms with E-state index in [2.05, 4.69) is 10.6 Å². The average molecular weight is 445 g/mol. The standard InChI is InChI=1S/C25H21ClN4O2/c1-15-22(24(31)28-16-11-13-17(32-2)14-12-16)23(18-7-3-4-8-19(18)26)30-21-10-6-5-9-20(21)29-25(30)27-15/h3-14,23H,1-2H3,(H,27,29)(H,28,31)/t23-/m0/s1. The van der Waals surface area contributed by atoms with Crippen molar-refractivity contribution in [2.75, 3.05) is 17.7 Å². The van der Waals surface area contributed by atoms with E-state index >= 15 is 0 Å². The lowest BCUT2D eigenvalue weighted by molar-refractivity contribution is -0.113. The van der Waals surface area contributed by atoms with Gasteiger partial charge in [-0.05, 0) is 55.0 Å². The zero-order valence-corrected chi connectivity index (χ0v) is 18.4. The largest absolute Gasteiger partial charge is 0.497 e. The van der Waals surface area contributed by atoms with Crippen LogP contribution in [0.3, 0.4) is 0 Å². The van der Waals surface area contributed by atoms with E-state index in [-0.39, 0.29) is 5.91 Å². The van der Waals surface area contributed by atoms with Crippen molar-refractivity contribution in [2.45, 2.75) is 13.0 Å². The number of carbonyl (C=O) groups is 1. The van der Waals surface area contributed by atoms with Crippen LogP contribution in [0.5, 0.6) is 5.75 Å². The number of halogens is 1. The Kier molecular flexibility index (Phi) is 5.07. The summed E-state index contributed by atoms with van der Waals surface area (Å²) in [6.07, 6.45) is 0. The Morgan fingerprint density at radius 3 is 2.53 bits per heavy atom. The number of amides is 1. The molecule has 1 aromatic heterocycles. The summed E-state index contributed by atoms with van der Waals surface area (Å²) in [5.41, 5.74) is 4.57. The lowest BCUT2D eigenvalue weighted by atomic mass is 9.94. The van der Waals surface area contributed by atoms with Crippen LogP contribution < -0.4 is 15.4 Å². The number of para-hydroxylation sites is 2. The number of ether oxygens (including phenoxy) is 1. The molecule has 0 aliphatic carbocycles. The SMILES string of the molecule is COc1ccc(NC(=O)C2=C(C)Nc3nc4ccccc4n3[C@H]2c2ccccc2Cl)cc1. The smallest absolute Gasteiger partial charge is 0.255 e. The highest BCUT2D eigenvalue weighted by Crippen LogP contribution is 2.41. The van der Waals surface area contributed by atoms with Gasteiger partial charge < -0.3 is 15.4 Å². The third kappa shape index (κ3) is 3.39. The molecule has 1 atom stereocenters. The van der Waals surface area contributed by atoms with Crippen LogP contribution in [-0.4, -0.2) is 22.6 Å². The van der Waals surface area contributed by atoms with E-state index in [4.69, 9.17) is 21.3 Å². The Morgan fingerprint density at radius 1 is 1.06 bits per heavy atom. The van der Waals surface area contributed by atoms with Gasteiger partial charge in [0, 0.05) is 16.4 Å². The number of aromatic nitrogens is 2. The minimum atomic E-state index is -0.439. The number of anilines is 2. The summed E-state index contributed by atoms with van der Waals surface area (Å²) in [5.74, 6) is 1.18. The third-order valence-electron chi connectivity index (χ3n) is 5.62. The number of hydrogen-bond donors (Lipinski definition) is 2. The van der Waals surface area contributed by atoms with Crippen molar-refractivity contribution >= 4 is 40.2 Å². The summed E-state index contributed by atoms with van der Waals surface area (Å²) in [6.45, 7) is 1.88. The van der Waals surface area contributed by atoms with Crippen LogP contribution in [0.2, 0.25) is 5.02 Å². The zero-order chi connectivity index (χ0) is 22.2. The molecule has 0 saturated carbocycles. The first-order chi connectivity index (χ1) is 15.6. The number of carbonyl (C=O) groups excluding carboxylic acids is 1. The van der Waals surface area contributed by atoms with E-state index in [0.29, 0.717) is 22.2 Å². The Morgan fingerprint density at radius 2 is 1.78 bits per heavy atom. The van der Waals surface area contributed by atoms with Crippen molar-refractivity contribution in [2.24, 2.45) is 0 Å². The number of nitrogens with one attached hydrogen (secondary N) is 2. The number of imidazole rings is 1. The molecule has 160 valence electrons. The van der Waals surface area contributed by atoms with Gasteiger partial charge >= 0.3 is 0 Å². The first-order valence-electron chi connectivity index (χ1n) is 10.2. The molecule has 5 rings (SSSR count). The van der Waals surface area contributed by atoms with E-state index < -0.39 is 6.04 Å². The number of fused-ring (bicyclic) bond motifs is 3. The molecule has 0 radical (unpaired) electrons. The Labute approximate surface area is 190 Å². The van der Waals surface area contributed by atoms with Crippen LogP contribution in [-0.2, 0) is 4.79 Å². The molecule has 0 spiro atoms. The molecular formula is C25H21ClN4O2. The highest BCUT2D eigenvalue weighted by atomic mass is 35.5. The van der Waals surface area contributed by atoms with Crippen LogP contribution >= 0.6 is 11.6 Å². The second-order valence-electron chi connectivity index (χ2n) is 7.56. The maximum absolute atomic E-state index is 13.6. The molecule has 2 N–H and O–H groups in total. The molecule has 1 aliphatic heterocycles. The second kappa shape index (κ2) is 8.05. The quantitative estimate of drug-likeness (QED) is 0.428. The molecule has 1 aliphatic rings. The zero-order valence-electron chi connectivity index (χ0n) is 17.6. The number of nitrogens with zero attached hydrogens (tertiary/aromatic N) is 2. The average Bonchev–Trinajstić information content (AvgIpc) is 3.17. The number of methoxy groups -OCH3 is 1. The van der Waals surface area contributed by atoms with Gasteiger partial charge in [-0.1, -0.05) is 41.9 Å². The van der Waals surface area contributed by atoms with Crippen molar-refractivity contribution in [1.82, 2.24) is 9.55 Å². The second-order valence-corrected chi connectivity index (χ2v) is 7.97. The summed E-state index contributed by atoms with van der Waals surface area (Å²) in [6, 6.07) is 22.3. The topological polar surface area (TPSA) is 68.2 Å². The van der Waals surface area contributed by atoms with Gasteiger partial charge in [0.15, 0.2) is 0 Å². The van der Waals surface area contributed by atoms with Crippen LogP contribution in [0.4, 0.5) is 11.6 Å². The first kappa shape index (κ1) is 20.2. The molecule has 6 nitrogen and oxygen atoms in total. The lowest BCUT2D eigenvalue weighted by Gasteiger charge is -2.31. The summed E-state index contributed by atoms with van der Waals surface area (Å²) in [7, 11) is 1.61. The number of hydrogen-bond acceptors (Lipinski definition) is 4. The molecular weight excluding hydrogens is 424 g/mol. The molecule has 0 saturated heterocycles. The molecule has 2 heterocycles. The van der Waals surface area contributed by atoms with Crippen LogP contribution in [0.1, 0.15) is 18.5 Å². The summed E-state index contributed by atoms with van der Waals surface area (Å²) in [4.78, 5) is 18.3. The van der Waals surface area contributed by atoms with E-state index in [1.54, 1.807) is 7.11 Å². The third-order valence-corrected chi connectivity index (χ3v) is 5.97. The highest BCUT2D eigenvalue weighted by Gasteiger charge is 2.35. The van der Waals surface area contributed by atoms with Gasteiger partial charge in [0.1, 0.15) is 5.75 Å². The highest BCUT2D eigenvalue weighted by molar-refractivity contribution is 6.31. The van der Waals surface area contributed by atoms with Crippen molar-refractivity contribution in [1.29, 1.82) is 0 Å². The van der Waals surface area contributed by atoms with Gasteiger partial charge in [0.05, 0.1) is 29.8 Å². The van der Waals surface area contributed by atoms with Gasteiger partial charge in [-0.3, -0.25) is 9.36 Å². The number of allylic oxidation sites excluding steroid dienone is 1. The molecule has 32 heavy (non-hydrogen) atoms. The molecule has 7 heteroatoms. The summed E-state index contributed by atoms with van der Waals surface area (Å²) >= 11 is 6.63. The summed E-state index contributed by atoms with van der Waals surface area (Å²) < 4.78 is 7.24. The fourth-order valence-corrected chi connectivity index (χ4v) is 4.36. The summed E-state index contributed by atoms with van der Waals surface area (Å²) in [5, 5.41) is 6.91. The van der Waals surface area contributed by atoms with Gasteiger partial charge in [-0.25, -0.2) is 4.98 Å². The van der Waals surface area contributed by atoms with Crippen molar-refractivity contribution in [3.8, 4) is 5.75 Å². The Balaban J connectivity index is 1.64. The van der Waals surface area contributed by atoms with Crippen LogP contribution in [0.15, 0.2) is 84.1 Å². The molecule has 0 bridgehead atoms. The lowest BCUT2D eigenvalue weighted by Crippen LogP contribution is -2.31. The normalized spacial score (nSPS) is 15.3. The van der Waals surface area contributed by atoms with E-state index in [1.165, 1.54) is 0 Å². The fourth-order valence-electron chi connectivity index (χ4n) is 4.12. The first-order valence-corrected chi connectivity index (χ1v) is 10.6. The van der Waals surface area contributed by atoms with Gasteiger partial charge in [-0.15, -0.1) is 0 Å². The molecule has 0 unspecified atom stereocenters. The van der Waals surface area contributed by atoms with Crippen LogP contribution in [0.25, 0.3) is 11.0 Å². The minimum absolute atomic E-state index is 0.214. The predicted molar refractivity (Wildman–Crippen MR) is 127 cm³/mol. The Hall–Kier alpha value is -3.77. The van der Waals surface area contributed by atoms with Gasteiger partial charge in [-0.2, -0.15) is 0 Å². The van der Waals surface area contributed by atoms with Crippen molar-refractivity contribution in [3.63, 3.8) is 0 Å². The number of benzene rings is 3. The maximum Gasteiger partial charge on any atom is 0.255 e. The Bertz CT molecular complexity index is 1360. The van der Waals surface area contributed by atoms with E-state index in [1.807, 2.05) is 84.3 Å². The van der Waals surface area contributed by atoms with E-state index in [9.17, 15) is 4.79 Å². The predicted octanol–water partition coefficient (Wildman–Crippen LogP) is 5.63. The molecule has 3 aromatic carbocycles. The molecule has 1 amide bonds. The monoisotopic (exact) mass is 444 g/mol. The van der Waals surface area contributed by atoms with E-state index in [0.717, 1.165) is 28.0 Å². The van der Waals surface area contributed by atoms with Crippen LogP contribution in [0, 0.1) is 0 Å². The maximum atomic E-state index is 13.6. The van der Waals surface area contributed by atoms with Crippen molar-refractivity contribution in [3.05, 3.63) is 94.7 Å². The minimum Gasteiger partial charge on any atom is -0.497 e.